The first-order valence-electron chi connectivity index (χ1n) is 6.19. The smallest absolute Gasteiger partial charge is 0.148 e. The molecule has 1 aromatic heterocycles. The molecule has 0 spiro atoms. The van der Waals surface area contributed by atoms with E-state index < -0.39 is 5.54 Å². The summed E-state index contributed by atoms with van der Waals surface area (Å²) >= 11 is 0. The van der Waals surface area contributed by atoms with Gasteiger partial charge in [-0.2, -0.15) is 0 Å². The minimum absolute atomic E-state index is 0.480. The van der Waals surface area contributed by atoms with Crippen LogP contribution < -0.4 is 5.73 Å². The van der Waals surface area contributed by atoms with Gasteiger partial charge in [-0.05, 0) is 39.7 Å². The fourth-order valence-electron chi connectivity index (χ4n) is 2.08. The molecule has 2 rings (SSSR count). The molecule has 0 aliphatic carbocycles. The molecule has 0 aromatic carbocycles. The van der Waals surface area contributed by atoms with Gasteiger partial charge in [0.1, 0.15) is 5.82 Å². The second kappa shape index (κ2) is 4.70. The predicted octanol–water partition coefficient (Wildman–Crippen LogP) is 1.87. The van der Waals surface area contributed by atoms with Gasteiger partial charge in [-0.3, -0.25) is 0 Å². The molecule has 4 heteroatoms. The van der Waals surface area contributed by atoms with Crippen molar-refractivity contribution >= 4 is 0 Å². The van der Waals surface area contributed by atoms with Crippen LogP contribution in [-0.2, 0) is 10.3 Å². The van der Waals surface area contributed by atoms with Crippen LogP contribution in [0.4, 0.5) is 0 Å². The Morgan fingerprint density at radius 1 is 1.29 bits per heavy atom. The SMILES string of the molecule is Cc1cc(C2CCOCC2)nc(C(C)(C)N)n1. The van der Waals surface area contributed by atoms with E-state index in [0.717, 1.165) is 43.3 Å². The third-order valence-electron chi connectivity index (χ3n) is 3.09. The Morgan fingerprint density at radius 2 is 1.94 bits per heavy atom. The van der Waals surface area contributed by atoms with Crippen LogP contribution in [0.25, 0.3) is 0 Å². The Bertz CT molecular complexity index is 392. The lowest BCUT2D eigenvalue weighted by atomic mass is 9.95. The largest absolute Gasteiger partial charge is 0.381 e. The highest BCUT2D eigenvalue weighted by Crippen LogP contribution is 2.26. The summed E-state index contributed by atoms with van der Waals surface area (Å²) in [6, 6.07) is 2.07. The van der Waals surface area contributed by atoms with Gasteiger partial charge >= 0.3 is 0 Å². The molecule has 1 saturated heterocycles. The van der Waals surface area contributed by atoms with E-state index in [1.165, 1.54) is 0 Å². The van der Waals surface area contributed by atoms with Crippen LogP contribution in [0, 0.1) is 6.92 Å². The Labute approximate surface area is 103 Å². The minimum atomic E-state index is -0.480. The fraction of sp³-hybridized carbons (Fsp3) is 0.692. The summed E-state index contributed by atoms with van der Waals surface area (Å²) in [5.41, 5.74) is 7.71. The van der Waals surface area contributed by atoms with Crippen molar-refractivity contribution in [2.75, 3.05) is 13.2 Å². The van der Waals surface area contributed by atoms with E-state index in [9.17, 15) is 0 Å². The molecule has 1 aliphatic rings. The molecule has 1 aliphatic heterocycles. The van der Waals surface area contributed by atoms with E-state index in [1.54, 1.807) is 0 Å². The molecule has 4 nitrogen and oxygen atoms in total. The Morgan fingerprint density at radius 3 is 2.53 bits per heavy atom. The maximum Gasteiger partial charge on any atom is 0.148 e. The van der Waals surface area contributed by atoms with E-state index >= 15 is 0 Å². The molecule has 1 aromatic rings. The minimum Gasteiger partial charge on any atom is -0.381 e. The number of aromatic nitrogens is 2. The fourth-order valence-corrected chi connectivity index (χ4v) is 2.08. The summed E-state index contributed by atoms with van der Waals surface area (Å²) in [6.07, 6.45) is 2.09. The van der Waals surface area contributed by atoms with Crippen molar-refractivity contribution in [1.29, 1.82) is 0 Å². The summed E-state index contributed by atoms with van der Waals surface area (Å²) < 4.78 is 5.38. The summed E-state index contributed by atoms with van der Waals surface area (Å²) in [6.45, 7) is 7.54. The molecule has 0 atom stereocenters. The van der Waals surface area contributed by atoms with Gasteiger partial charge in [0, 0.05) is 30.5 Å². The average molecular weight is 235 g/mol. The van der Waals surface area contributed by atoms with Gasteiger partial charge in [0.25, 0.3) is 0 Å². The van der Waals surface area contributed by atoms with E-state index in [-0.39, 0.29) is 0 Å². The molecule has 1 fully saturated rings. The molecule has 2 heterocycles. The van der Waals surface area contributed by atoms with Crippen molar-refractivity contribution in [3.8, 4) is 0 Å². The van der Waals surface area contributed by atoms with Crippen molar-refractivity contribution in [2.24, 2.45) is 5.73 Å². The topological polar surface area (TPSA) is 61.0 Å². The molecule has 0 bridgehead atoms. The third kappa shape index (κ3) is 3.01. The van der Waals surface area contributed by atoms with Gasteiger partial charge in [-0.25, -0.2) is 9.97 Å². The van der Waals surface area contributed by atoms with Crippen molar-refractivity contribution in [1.82, 2.24) is 9.97 Å². The van der Waals surface area contributed by atoms with Crippen LogP contribution in [0.5, 0.6) is 0 Å². The summed E-state index contributed by atoms with van der Waals surface area (Å²) in [5.74, 6) is 1.23. The Kier molecular flexibility index (Phi) is 3.45. The van der Waals surface area contributed by atoms with Crippen molar-refractivity contribution in [3.05, 3.63) is 23.3 Å². The lowest BCUT2D eigenvalue weighted by molar-refractivity contribution is 0.0843. The first-order chi connectivity index (χ1) is 7.97. The number of rotatable bonds is 2. The Hall–Kier alpha value is -1.00. The molecule has 0 radical (unpaired) electrons. The average Bonchev–Trinajstić information content (AvgIpc) is 2.28. The summed E-state index contributed by atoms with van der Waals surface area (Å²) in [5, 5.41) is 0. The monoisotopic (exact) mass is 235 g/mol. The first-order valence-corrected chi connectivity index (χ1v) is 6.19. The van der Waals surface area contributed by atoms with Crippen molar-refractivity contribution in [2.45, 2.75) is 45.1 Å². The molecule has 0 unspecified atom stereocenters. The van der Waals surface area contributed by atoms with Gasteiger partial charge < -0.3 is 10.5 Å². The van der Waals surface area contributed by atoms with Gasteiger partial charge in [-0.1, -0.05) is 0 Å². The van der Waals surface area contributed by atoms with Gasteiger partial charge in [0.2, 0.25) is 0 Å². The van der Waals surface area contributed by atoms with Crippen molar-refractivity contribution < 1.29 is 4.74 Å². The van der Waals surface area contributed by atoms with E-state index in [2.05, 4.69) is 16.0 Å². The maximum absolute atomic E-state index is 6.07. The zero-order valence-electron chi connectivity index (χ0n) is 10.9. The highest BCUT2D eigenvalue weighted by Gasteiger charge is 2.23. The third-order valence-corrected chi connectivity index (χ3v) is 3.09. The number of hydrogen-bond acceptors (Lipinski definition) is 4. The maximum atomic E-state index is 6.07. The zero-order chi connectivity index (χ0) is 12.5. The van der Waals surface area contributed by atoms with Gasteiger partial charge in [0.15, 0.2) is 0 Å². The van der Waals surface area contributed by atoms with Crippen molar-refractivity contribution in [3.63, 3.8) is 0 Å². The number of ether oxygens (including phenoxy) is 1. The lowest BCUT2D eigenvalue weighted by Gasteiger charge is -2.24. The van der Waals surface area contributed by atoms with E-state index in [4.69, 9.17) is 10.5 Å². The van der Waals surface area contributed by atoms with Crippen LogP contribution in [-0.4, -0.2) is 23.2 Å². The van der Waals surface area contributed by atoms with Gasteiger partial charge in [-0.15, -0.1) is 0 Å². The van der Waals surface area contributed by atoms with E-state index in [1.807, 2.05) is 20.8 Å². The standard InChI is InChI=1S/C13H21N3O/c1-9-8-11(10-4-6-17-7-5-10)16-12(15-9)13(2,3)14/h8,10H,4-7,14H2,1-3H3. The summed E-state index contributed by atoms with van der Waals surface area (Å²) in [4.78, 5) is 9.07. The summed E-state index contributed by atoms with van der Waals surface area (Å²) in [7, 11) is 0. The number of aryl methyl sites for hydroxylation is 1. The second-order valence-electron chi connectivity index (χ2n) is 5.37. The Balaban J connectivity index is 2.31. The molecular formula is C13H21N3O. The zero-order valence-corrected chi connectivity index (χ0v) is 10.9. The van der Waals surface area contributed by atoms with Gasteiger partial charge in [0.05, 0.1) is 5.54 Å². The highest BCUT2D eigenvalue weighted by molar-refractivity contribution is 5.17. The second-order valence-corrected chi connectivity index (χ2v) is 5.37. The van der Waals surface area contributed by atoms with Crippen LogP contribution >= 0.6 is 0 Å². The molecule has 0 amide bonds. The molecule has 17 heavy (non-hydrogen) atoms. The van der Waals surface area contributed by atoms with E-state index in [0.29, 0.717) is 5.92 Å². The molecule has 0 saturated carbocycles. The highest BCUT2D eigenvalue weighted by atomic mass is 16.5. The quantitative estimate of drug-likeness (QED) is 0.850. The van der Waals surface area contributed by atoms with Crippen LogP contribution in [0.2, 0.25) is 0 Å². The molecule has 2 N–H and O–H groups in total. The van der Waals surface area contributed by atoms with Crippen LogP contribution in [0.15, 0.2) is 6.07 Å². The van der Waals surface area contributed by atoms with Crippen LogP contribution in [0.1, 0.15) is 49.8 Å². The first kappa shape index (κ1) is 12.5. The molecule has 94 valence electrons. The number of nitrogens with zero attached hydrogens (tertiary/aromatic N) is 2. The molecular weight excluding hydrogens is 214 g/mol. The normalized spacial score (nSPS) is 18.4. The predicted molar refractivity (Wildman–Crippen MR) is 66.8 cm³/mol. The van der Waals surface area contributed by atoms with Crippen LogP contribution in [0.3, 0.4) is 0 Å². The number of nitrogens with two attached hydrogens (primary N) is 1. The number of hydrogen-bond donors (Lipinski definition) is 1. The lowest BCUT2D eigenvalue weighted by Crippen LogP contribution is -2.32.